The van der Waals surface area contributed by atoms with Gasteiger partial charge in [-0.25, -0.2) is 0 Å². The van der Waals surface area contributed by atoms with E-state index in [-0.39, 0.29) is 13.3 Å². The zero-order valence-electron chi connectivity index (χ0n) is 18.2. The quantitative estimate of drug-likeness (QED) is 0.440. The van der Waals surface area contributed by atoms with Gasteiger partial charge in [0.05, 0.1) is 0 Å². The molecule has 0 aromatic heterocycles. The highest BCUT2D eigenvalue weighted by Crippen LogP contribution is 2.81. The van der Waals surface area contributed by atoms with Gasteiger partial charge in [-0.3, -0.25) is 0 Å². The van der Waals surface area contributed by atoms with Crippen molar-refractivity contribution in [2.75, 3.05) is 0 Å². The molecule has 29 heavy (non-hydrogen) atoms. The third-order valence-electron chi connectivity index (χ3n) is 8.44. The van der Waals surface area contributed by atoms with Crippen LogP contribution in [0, 0.1) is 0 Å². The Bertz CT molecular complexity index is 728. The van der Waals surface area contributed by atoms with Crippen LogP contribution >= 0.6 is 7.92 Å². The van der Waals surface area contributed by atoms with Crippen molar-refractivity contribution >= 4 is 7.92 Å². The molecule has 0 heterocycles. The smallest absolute Gasteiger partial charge is 0.0305 e. The summed E-state index contributed by atoms with van der Waals surface area (Å²) < 4.78 is 0. The number of hydrogen-bond acceptors (Lipinski definition) is 0. The summed E-state index contributed by atoms with van der Waals surface area (Å²) in [6.45, 7) is 2.71. The Balaban J connectivity index is 1.58. The van der Waals surface area contributed by atoms with Crippen LogP contribution in [-0.4, -0.2) is 16.5 Å². The van der Waals surface area contributed by atoms with Gasteiger partial charge in [-0.15, -0.1) is 0 Å². The molecule has 0 bridgehead atoms. The molecule has 3 aliphatic rings. The molecular formula is C28H37P. The lowest BCUT2D eigenvalue weighted by molar-refractivity contribution is 0.479. The van der Waals surface area contributed by atoms with Gasteiger partial charge in [0.1, 0.15) is 0 Å². The van der Waals surface area contributed by atoms with Gasteiger partial charge in [0.15, 0.2) is 0 Å². The lowest BCUT2D eigenvalue weighted by Crippen LogP contribution is -2.31. The zero-order valence-corrected chi connectivity index (χ0v) is 19.0. The molecule has 0 saturated heterocycles. The summed E-state index contributed by atoms with van der Waals surface area (Å²) in [5, 5.41) is 0.467. The van der Waals surface area contributed by atoms with Gasteiger partial charge in [0.2, 0.25) is 0 Å². The van der Waals surface area contributed by atoms with Crippen LogP contribution in [-0.2, 0) is 5.41 Å². The normalized spacial score (nSPS) is 27.8. The maximum Gasteiger partial charge on any atom is 0.0305 e. The van der Waals surface area contributed by atoms with Gasteiger partial charge < -0.3 is 0 Å². The molecule has 3 fully saturated rings. The SMILES string of the molecule is C[C@@]1(P(C2CCCCC2)C2CCCCC2)CC1(c1ccccc1)c1ccccc1. The van der Waals surface area contributed by atoms with Crippen LogP contribution in [0.15, 0.2) is 60.7 Å². The summed E-state index contributed by atoms with van der Waals surface area (Å²) in [7, 11) is 0.0380. The second kappa shape index (κ2) is 8.19. The van der Waals surface area contributed by atoms with Crippen LogP contribution < -0.4 is 0 Å². The number of hydrogen-bond donors (Lipinski definition) is 0. The van der Waals surface area contributed by atoms with E-state index >= 15 is 0 Å². The Hall–Kier alpha value is -1.13. The van der Waals surface area contributed by atoms with E-state index in [9.17, 15) is 0 Å². The van der Waals surface area contributed by atoms with Crippen LogP contribution in [0.1, 0.15) is 88.7 Å². The first-order valence-corrected chi connectivity index (χ1v) is 13.6. The van der Waals surface area contributed by atoms with Crippen LogP contribution in [0.4, 0.5) is 0 Å². The Morgan fingerprint density at radius 1 is 0.621 bits per heavy atom. The van der Waals surface area contributed by atoms with Crippen molar-refractivity contribution in [2.45, 2.75) is 99.4 Å². The first kappa shape index (κ1) is 19.8. The molecule has 0 amide bonds. The Morgan fingerprint density at radius 2 is 1.03 bits per heavy atom. The predicted molar refractivity (Wildman–Crippen MR) is 127 cm³/mol. The van der Waals surface area contributed by atoms with Crippen LogP contribution in [0.3, 0.4) is 0 Å². The molecule has 2 aromatic carbocycles. The lowest BCUT2D eigenvalue weighted by Gasteiger charge is -2.45. The minimum absolute atomic E-state index is 0.0380. The van der Waals surface area contributed by atoms with Crippen molar-refractivity contribution in [3.63, 3.8) is 0 Å². The van der Waals surface area contributed by atoms with E-state index in [1.54, 1.807) is 11.1 Å². The van der Waals surface area contributed by atoms with Gasteiger partial charge in [0.25, 0.3) is 0 Å². The standard InChI is InChI=1S/C28H37P/c1-27(29(25-18-10-4-11-19-25)26-20-12-5-13-21-26)22-28(27,23-14-6-2-7-15-23)24-16-8-3-9-17-24/h2-3,6-9,14-17,25-26H,4-5,10-13,18-22H2,1H3/t27-/m1/s1. The summed E-state index contributed by atoms with van der Waals surface area (Å²) in [5.74, 6) is 0. The minimum Gasteiger partial charge on any atom is -0.0930 e. The number of rotatable bonds is 5. The van der Waals surface area contributed by atoms with Crippen molar-refractivity contribution in [2.24, 2.45) is 0 Å². The average molecular weight is 405 g/mol. The van der Waals surface area contributed by atoms with Crippen LogP contribution in [0.2, 0.25) is 0 Å². The highest BCUT2D eigenvalue weighted by Gasteiger charge is 2.70. The Labute approximate surface area is 179 Å². The largest absolute Gasteiger partial charge is 0.0930 e. The Morgan fingerprint density at radius 3 is 1.45 bits per heavy atom. The van der Waals surface area contributed by atoms with E-state index in [1.165, 1.54) is 70.6 Å². The third kappa shape index (κ3) is 3.40. The molecular weight excluding hydrogens is 367 g/mol. The highest BCUT2D eigenvalue weighted by molar-refractivity contribution is 7.61. The van der Waals surface area contributed by atoms with Gasteiger partial charge in [0, 0.05) is 10.6 Å². The molecule has 0 spiro atoms. The topological polar surface area (TPSA) is 0 Å². The minimum atomic E-state index is 0.0380. The maximum atomic E-state index is 2.71. The fourth-order valence-corrected chi connectivity index (χ4v) is 12.2. The second-order valence-corrected chi connectivity index (χ2v) is 13.3. The monoisotopic (exact) mass is 404 g/mol. The lowest BCUT2D eigenvalue weighted by atomic mass is 9.86. The van der Waals surface area contributed by atoms with Crippen molar-refractivity contribution in [1.82, 2.24) is 0 Å². The van der Waals surface area contributed by atoms with Gasteiger partial charge in [-0.05, 0) is 54.5 Å². The molecule has 0 aliphatic heterocycles. The van der Waals surface area contributed by atoms with E-state index in [0.29, 0.717) is 5.16 Å². The molecule has 0 radical (unpaired) electrons. The molecule has 5 rings (SSSR count). The average Bonchev–Trinajstić information content (AvgIpc) is 3.44. The van der Waals surface area contributed by atoms with Crippen molar-refractivity contribution in [3.05, 3.63) is 71.8 Å². The fraction of sp³-hybridized carbons (Fsp3) is 0.571. The van der Waals surface area contributed by atoms with E-state index < -0.39 is 0 Å². The fourth-order valence-electron chi connectivity index (χ4n) is 7.04. The number of benzene rings is 2. The van der Waals surface area contributed by atoms with Gasteiger partial charge in [-0.2, -0.15) is 0 Å². The van der Waals surface area contributed by atoms with Crippen molar-refractivity contribution in [1.29, 1.82) is 0 Å². The molecule has 2 aromatic rings. The molecule has 1 heteroatoms. The molecule has 0 nitrogen and oxygen atoms in total. The molecule has 1 atom stereocenters. The van der Waals surface area contributed by atoms with Gasteiger partial charge >= 0.3 is 0 Å². The predicted octanol–water partition coefficient (Wildman–Crippen LogP) is 8.28. The molecule has 3 aliphatic carbocycles. The first-order chi connectivity index (χ1) is 14.3. The molecule has 154 valence electrons. The van der Waals surface area contributed by atoms with E-state index in [4.69, 9.17) is 0 Å². The van der Waals surface area contributed by atoms with Crippen molar-refractivity contribution in [3.8, 4) is 0 Å². The Kier molecular flexibility index (Phi) is 5.59. The zero-order chi connectivity index (χ0) is 19.7. The molecule has 0 N–H and O–H groups in total. The summed E-state index contributed by atoms with van der Waals surface area (Å²) in [5.41, 5.74) is 5.43. The van der Waals surface area contributed by atoms with E-state index in [1.807, 2.05) is 0 Å². The third-order valence-corrected chi connectivity index (χ3v) is 12.7. The highest BCUT2D eigenvalue weighted by atomic mass is 31.1. The second-order valence-electron chi connectivity index (χ2n) is 10.1. The molecule has 0 unspecified atom stereocenters. The van der Waals surface area contributed by atoms with E-state index in [0.717, 1.165) is 11.3 Å². The molecule has 3 saturated carbocycles. The summed E-state index contributed by atoms with van der Waals surface area (Å²) in [6.07, 6.45) is 16.3. The van der Waals surface area contributed by atoms with Crippen LogP contribution in [0.25, 0.3) is 0 Å². The summed E-state index contributed by atoms with van der Waals surface area (Å²) >= 11 is 0. The summed E-state index contributed by atoms with van der Waals surface area (Å²) in [6, 6.07) is 23.1. The van der Waals surface area contributed by atoms with Crippen molar-refractivity contribution < 1.29 is 0 Å². The summed E-state index contributed by atoms with van der Waals surface area (Å²) in [4.78, 5) is 0. The van der Waals surface area contributed by atoms with Gasteiger partial charge in [-0.1, -0.05) is 114 Å². The first-order valence-electron chi connectivity index (χ1n) is 12.2. The maximum absolute atomic E-state index is 2.71. The van der Waals surface area contributed by atoms with Crippen LogP contribution in [0.5, 0.6) is 0 Å². The van der Waals surface area contributed by atoms with E-state index in [2.05, 4.69) is 67.6 Å².